The average molecular weight is 544 g/mol. The van der Waals surface area contributed by atoms with Crippen LogP contribution in [0, 0.1) is 6.92 Å². The van der Waals surface area contributed by atoms with Gasteiger partial charge in [-0.25, -0.2) is 4.99 Å². The van der Waals surface area contributed by atoms with Crippen molar-refractivity contribution in [3.8, 4) is 0 Å². The van der Waals surface area contributed by atoms with Crippen molar-refractivity contribution in [1.82, 2.24) is 4.90 Å². The summed E-state index contributed by atoms with van der Waals surface area (Å²) in [6.07, 6.45) is 0.684. The molecule has 0 saturated carbocycles. The number of nitrogens with one attached hydrogen (secondary N) is 2. The Labute approximate surface area is 233 Å². The van der Waals surface area contributed by atoms with Crippen LogP contribution in [0.25, 0.3) is 0 Å². The van der Waals surface area contributed by atoms with E-state index < -0.39 is 5.25 Å². The fourth-order valence-electron chi connectivity index (χ4n) is 4.12. The highest BCUT2D eigenvalue weighted by Gasteiger charge is 2.39. The Bertz CT molecular complexity index is 1370. The van der Waals surface area contributed by atoms with Crippen molar-refractivity contribution in [2.45, 2.75) is 31.9 Å². The molecule has 1 unspecified atom stereocenters. The van der Waals surface area contributed by atoms with Crippen molar-refractivity contribution in [3.05, 3.63) is 83.9 Å². The zero-order chi connectivity index (χ0) is 27.9. The predicted octanol–water partition coefficient (Wildman–Crippen LogP) is 5.22. The Morgan fingerprint density at radius 3 is 2.36 bits per heavy atom. The first-order valence-corrected chi connectivity index (χ1v) is 13.6. The van der Waals surface area contributed by atoms with Crippen LogP contribution in [0.2, 0.25) is 0 Å². The van der Waals surface area contributed by atoms with E-state index in [2.05, 4.69) is 34.9 Å². The Morgan fingerprint density at radius 2 is 1.69 bits per heavy atom. The summed E-state index contributed by atoms with van der Waals surface area (Å²) in [5.74, 6) is -0.537. The van der Waals surface area contributed by atoms with Gasteiger partial charge in [0, 0.05) is 51.0 Å². The second-order valence-electron chi connectivity index (χ2n) is 9.65. The number of hydrogen-bond acceptors (Lipinski definition) is 6. The maximum absolute atomic E-state index is 13.5. The zero-order valence-corrected chi connectivity index (χ0v) is 23.4. The highest BCUT2D eigenvalue weighted by Crippen LogP contribution is 2.33. The molecular formula is C30H33N5O3S. The van der Waals surface area contributed by atoms with Crippen LogP contribution in [0.3, 0.4) is 0 Å². The molecule has 1 aliphatic heterocycles. The van der Waals surface area contributed by atoms with Crippen LogP contribution in [0.15, 0.2) is 77.8 Å². The third-order valence-electron chi connectivity index (χ3n) is 6.19. The standard InChI is InChI=1S/C30H33N5O3S/c1-20-8-12-23(13-9-20)32-28(37)19-27-29(38)35(17-16-22-10-14-26(15-11-22)34(3)4)30(39-27)33-25-7-5-6-24(18-25)31-21(2)36/h5-15,18,27H,16-17,19H2,1-4H3,(H,31,36)(H,32,37). The molecule has 0 radical (unpaired) electrons. The minimum Gasteiger partial charge on any atom is -0.378 e. The van der Waals surface area contributed by atoms with E-state index in [4.69, 9.17) is 4.99 Å². The number of carbonyl (C=O) groups is 3. The summed E-state index contributed by atoms with van der Waals surface area (Å²) in [7, 11) is 3.99. The molecule has 0 aromatic heterocycles. The number of benzene rings is 3. The number of aryl methyl sites for hydroxylation is 1. The first-order chi connectivity index (χ1) is 18.7. The van der Waals surface area contributed by atoms with Crippen molar-refractivity contribution in [2.75, 3.05) is 36.2 Å². The summed E-state index contributed by atoms with van der Waals surface area (Å²) in [6.45, 7) is 3.87. The van der Waals surface area contributed by atoms with Crippen LogP contribution in [0.5, 0.6) is 0 Å². The van der Waals surface area contributed by atoms with Crippen molar-refractivity contribution in [3.63, 3.8) is 0 Å². The van der Waals surface area contributed by atoms with E-state index in [-0.39, 0.29) is 24.1 Å². The van der Waals surface area contributed by atoms with Crippen LogP contribution < -0.4 is 15.5 Å². The van der Waals surface area contributed by atoms with Gasteiger partial charge in [0.2, 0.25) is 17.7 Å². The number of anilines is 3. The number of amidine groups is 1. The molecule has 0 bridgehead atoms. The maximum atomic E-state index is 13.5. The molecule has 9 heteroatoms. The molecule has 3 amide bonds. The number of aliphatic imine (C=N–C) groups is 1. The Morgan fingerprint density at radius 1 is 0.974 bits per heavy atom. The number of hydrogen-bond donors (Lipinski definition) is 2. The van der Waals surface area contributed by atoms with Crippen molar-refractivity contribution in [1.29, 1.82) is 0 Å². The van der Waals surface area contributed by atoms with Crippen LogP contribution in [0.4, 0.5) is 22.7 Å². The minimum atomic E-state index is -0.580. The van der Waals surface area contributed by atoms with Gasteiger partial charge in [-0.2, -0.15) is 0 Å². The van der Waals surface area contributed by atoms with E-state index in [1.807, 2.05) is 56.3 Å². The Kier molecular flexibility index (Phi) is 9.03. The summed E-state index contributed by atoms with van der Waals surface area (Å²) in [5.41, 5.74) is 5.24. The number of thioether (sulfide) groups is 1. The molecule has 1 aliphatic rings. The number of rotatable bonds is 9. The van der Waals surface area contributed by atoms with Gasteiger partial charge in [0.15, 0.2) is 5.17 Å². The van der Waals surface area contributed by atoms with E-state index in [1.54, 1.807) is 23.1 Å². The van der Waals surface area contributed by atoms with Crippen LogP contribution in [0.1, 0.15) is 24.5 Å². The molecule has 202 valence electrons. The predicted molar refractivity (Wildman–Crippen MR) is 160 cm³/mol. The molecule has 39 heavy (non-hydrogen) atoms. The molecule has 4 rings (SSSR count). The molecule has 3 aromatic rings. The molecule has 8 nitrogen and oxygen atoms in total. The zero-order valence-electron chi connectivity index (χ0n) is 22.6. The first kappa shape index (κ1) is 27.9. The molecule has 1 atom stereocenters. The largest absolute Gasteiger partial charge is 0.378 e. The second-order valence-corrected chi connectivity index (χ2v) is 10.8. The summed E-state index contributed by atoms with van der Waals surface area (Å²) >= 11 is 1.30. The second kappa shape index (κ2) is 12.6. The average Bonchev–Trinajstić information content (AvgIpc) is 3.17. The van der Waals surface area contributed by atoms with Gasteiger partial charge in [-0.15, -0.1) is 0 Å². The van der Waals surface area contributed by atoms with Gasteiger partial charge in [-0.1, -0.05) is 47.7 Å². The summed E-state index contributed by atoms with van der Waals surface area (Å²) in [4.78, 5) is 46.3. The van der Waals surface area contributed by atoms with Gasteiger partial charge in [0.05, 0.1) is 5.69 Å². The number of amides is 3. The van der Waals surface area contributed by atoms with Crippen molar-refractivity contribution in [2.24, 2.45) is 4.99 Å². The normalized spacial score (nSPS) is 15.9. The molecule has 2 N–H and O–H groups in total. The third-order valence-corrected chi connectivity index (χ3v) is 7.37. The lowest BCUT2D eigenvalue weighted by Gasteiger charge is -2.17. The van der Waals surface area contributed by atoms with Gasteiger partial charge in [0.25, 0.3) is 0 Å². The van der Waals surface area contributed by atoms with E-state index in [9.17, 15) is 14.4 Å². The summed E-state index contributed by atoms with van der Waals surface area (Å²) in [6, 6.07) is 22.9. The summed E-state index contributed by atoms with van der Waals surface area (Å²) in [5, 5.41) is 5.61. The number of nitrogens with zero attached hydrogens (tertiary/aromatic N) is 3. The fraction of sp³-hybridized carbons (Fsp3) is 0.267. The lowest BCUT2D eigenvalue weighted by molar-refractivity contribution is -0.128. The van der Waals surface area contributed by atoms with Crippen molar-refractivity contribution < 1.29 is 14.4 Å². The van der Waals surface area contributed by atoms with E-state index in [1.165, 1.54) is 18.7 Å². The first-order valence-electron chi connectivity index (χ1n) is 12.7. The monoisotopic (exact) mass is 543 g/mol. The van der Waals surface area contributed by atoms with Gasteiger partial charge < -0.3 is 15.5 Å². The SMILES string of the molecule is CC(=O)Nc1cccc(N=C2SC(CC(=O)Nc3ccc(C)cc3)C(=O)N2CCc2ccc(N(C)C)cc2)c1. The molecule has 3 aromatic carbocycles. The highest BCUT2D eigenvalue weighted by molar-refractivity contribution is 8.15. The van der Waals surface area contributed by atoms with Gasteiger partial charge in [0.1, 0.15) is 5.25 Å². The van der Waals surface area contributed by atoms with Gasteiger partial charge in [-0.3, -0.25) is 19.3 Å². The quantitative estimate of drug-likeness (QED) is 0.386. The fourth-order valence-corrected chi connectivity index (χ4v) is 5.30. The maximum Gasteiger partial charge on any atom is 0.242 e. The number of carbonyl (C=O) groups excluding carboxylic acids is 3. The Hall–Kier alpha value is -4.11. The lowest BCUT2D eigenvalue weighted by Crippen LogP contribution is -2.35. The van der Waals surface area contributed by atoms with E-state index >= 15 is 0 Å². The molecule has 0 aliphatic carbocycles. The van der Waals surface area contributed by atoms with Crippen LogP contribution >= 0.6 is 11.8 Å². The summed E-state index contributed by atoms with van der Waals surface area (Å²) < 4.78 is 0. The Balaban J connectivity index is 1.52. The van der Waals surface area contributed by atoms with E-state index in [0.717, 1.165) is 16.8 Å². The van der Waals surface area contributed by atoms with E-state index in [0.29, 0.717) is 35.2 Å². The lowest BCUT2D eigenvalue weighted by atomic mass is 10.1. The molecule has 1 saturated heterocycles. The molecule has 1 heterocycles. The van der Waals surface area contributed by atoms with Gasteiger partial charge >= 0.3 is 0 Å². The van der Waals surface area contributed by atoms with Crippen molar-refractivity contribution >= 4 is 57.4 Å². The minimum absolute atomic E-state index is 0.0381. The van der Waals surface area contributed by atoms with Gasteiger partial charge in [-0.05, 0) is 61.4 Å². The van der Waals surface area contributed by atoms with Crippen LogP contribution in [-0.4, -0.2) is 53.7 Å². The highest BCUT2D eigenvalue weighted by atomic mass is 32.2. The molecule has 1 fully saturated rings. The smallest absolute Gasteiger partial charge is 0.242 e. The van der Waals surface area contributed by atoms with Crippen LogP contribution in [-0.2, 0) is 20.8 Å². The topological polar surface area (TPSA) is 94.1 Å². The molecular weight excluding hydrogens is 510 g/mol. The third kappa shape index (κ3) is 7.70. The molecule has 0 spiro atoms.